The molecule has 6 nitrogen and oxygen atoms in total. The highest BCUT2D eigenvalue weighted by molar-refractivity contribution is 7.94. The van der Waals surface area contributed by atoms with E-state index in [2.05, 4.69) is 9.71 Å². The molecule has 1 aliphatic heterocycles. The van der Waals surface area contributed by atoms with Gasteiger partial charge in [0.1, 0.15) is 17.4 Å². The fraction of sp³-hybridized carbons (Fsp3) is 0.154. The highest BCUT2D eigenvalue weighted by atomic mass is 32.2. The maximum atomic E-state index is 12.2. The molecule has 0 fully saturated rings. The lowest BCUT2D eigenvalue weighted by molar-refractivity contribution is 0.172. The van der Waals surface area contributed by atoms with E-state index in [9.17, 15) is 8.42 Å². The Balaban J connectivity index is 1.71. The molecule has 0 atom stereocenters. The average Bonchev–Trinajstić information content (AvgIpc) is 3.13. The van der Waals surface area contributed by atoms with Crippen LogP contribution in [-0.2, 0) is 10.0 Å². The lowest BCUT2D eigenvalue weighted by Gasteiger charge is -2.17. The van der Waals surface area contributed by atoms with Crippen LogP contribution in [0, 0.1) is 0 Å². The topological polar surface area (TPSA) is 77.5 Å². The quantitative estimate of drug-likeness (QED) is 0.782. The van der Waals surface area contributed by atoms with Crippen LogP contribution in [-0.4, -0.2) is 26.6 Å². The molecule has 114 valence electrons. The Kier molecular flexibility index (Phi) is 3.21. The Bertz CT molecular complexity index is 889. The minimum atomic E-state index is -3.58. The molecule has 4 rings (SSSR count). The summed E-state index contributed by atoms with van der Waals surface area (Å²) in [4.78, 5) is 4.31. The van der Waals surface area contributed by atoms with Crippen molar-refractivity contribution in [2.45, 2.75) is 4.21 Å². The van der Waals surface area contributed by atoms with Gasteiger partial charge in [-0.05, 0) is 11.4 Å². The van der Waals surface area contributed by atoms with Crippen molar-refractivity contribution in [2.24, 2.45) is 0 Å². The molecule has 3 heterocycles. The third kappa shape index (κ3) is 2.40. The van der Waals surface area contributed by atoms with Crippen molar-refractivity contribution in [3.63, 3.8) is 0 Å². The molecule has 0 saturated heterocycles. The Hall–Kier alpha value is -1.84. The Morgan fingerprint density at radius 1 is 1.18 bits per heavy atom. The van der Waals surface area contributed by atoms with E-state index in [0.29, 0.717) is 35.4 Å². The largest absolute Gasteiger partial charge is 0.486 e. The Labute approximate surface area is 134 Å². The van der Waals surface area contributed by atoms with E-state index >= 15 is 0 Å². The van der Waals surface area contributed by atoms with Crippen molar-refractivity contribution in [3.05, 3.63) is 29.6 Å². The SMILES string of the molecule is O=S(=O)(Nc1nc2cc3c(cc2s1)OCCO3)c1cccs1. The number of fused-ring (bicyclic) bond motifs is 2. The number of benzene rings is 1. The van der Waals surface area contributed by atoms with Gasteiger partial charge in [-0.2, -0.15) is 0 Å². The number of nitrogens with one attached hydrogen (secondary N) is 1. The summed E-state index contributed by atoms with van der Waals surface area (Å²) < 4.78 is 39.1. The maximum absolute atomic E-state index is 12.2. The van der Waals surface area contributed by atoms with E-state index in [0.717, 1.165) is 16.0 Å². The summed E-state index contributed by atoms with van der Waals surface area (Å²) >= 11 is 2.42. The number of hydrogen-bond donors (Lipinski definition) is 1. The summed E-state index contributed by atoms with van der Waals surface area (Å²) in [6, 6.07) is 6.84. The first-order valence-corrected chi connectivity index (χ1v) is 9.56. The molecule has 1 aromatic carbocycles. The molecule has 2 aromatic heterocycles. The molecular formula is C13H10N2O4S3. The van der Waals surface area contributed by atoms with Gasteiger partial charge in [0, 0.05) is 12.1 Å². The summed E-state index contributed by atoms with van der Waals surface area (Å²) in [5, 5.41) is 2.04. The molecule has 0 bridgehead atoms. The Morgan fingerprint density at radius 3 is 2.68 bits per heavy atom. The van der Waals surface area contributed by atoms with E-state index in [1.807, 2.05) is 6.07 Å². The van der Waals surface area contributed by atoms with Crippen LogP contribution in [0.5, 0.6) is 11.5 Å². The Morgan fingerprint density at radius 2 is 1.95 bits per heavy atom. The van der Waals surface area contributed by atoms with Gasteiger partial charge in [0.15, 0.2) is 16.6 Å². The molecule has 3 aromatic rings. The summed E-state index contributed by atoms with van der Waals surface area (Å²) in [6.07, 6.45) is 0. The maximum Gasteiger partial charge on any atom is 0.273 e. The molecular weight excluding hydrogens is 344 g/mol. The number of thiophene rings is 1. The highest BCUT2D eigenvalue weighted by Crippen LogP contribution is 2.38. The predicted molar refractivity (Wildman–Crippen MR) is 85.7 cm³/mol. The van der Waals surface area contributed by atoms with Gasteiger partial charge in [-0.1, -0.05) is 17.4 Å². The van der Waals surface area contributed by atoms with Crippen LogP contribution < -0.4 is 14.2 Å². The molecule has 0 aliphatic carbocycles. The zero-order valence-electron chi connectivity index (χ0n) is 11.1. The van der Waals surface area contributed by atoms with Gasteiger partial charge in [-0.25, -0.2) is 13.4 Å². The van der Waals surface area contributed by atoms with Gasteiger partial charge >= 0.3 is 0 Å². The molecule has 9 heteroatoms. The van der Waals surface area contributed by atoms with E-state index in [4.69, 9.17) is 9.47 Å². The van der Waals surface area contributed by atoms with Crippen molar-refractivity contribution in [1.29, 1.82) is 0 Å². The van der Waals surface area contributed by atoms with Crippen molar-refractivity contribution in [2.75, 3.05) is 17.9 Å². The third-order valence-corrected chi connectivity index (χ3v) is 6.83. The van der Waals surface area contributed by atoms with E-state index < -0.39 is 10.0 Å². The van der Waals surface area contributed by atoms with Crippen LogP contribution in [0.2, 0.25) is 0 Å². The lowest BCUT2D eigenvalue weighted by Crippen LogP contribution is -2.15. The number of sulfonamides is 1. The van der Waals surface area contributed by atoms with Crippen LogP contribution in [0.3, 0.4) is 0 Å². The number of ether oxygens (including phenoxy) is 2. The highest BCUT2D eigenvalue weighted by Gasteiger charge is 2.19. The third-order valence-electron chi connectivity index (χ3n) is 3.03. The minimum Gasteiger partial charge on any atom is -0.486 e. The smallest absolute Gasteiger partial charge is 0.273 e. The van der Waals surface area contributed by atoms with E-state index in [-0.39, 0.29) is 4.21 Å². The molecule has 1 aliphatic rings. The second kappa shape index (κ2) is 5.11. The standard InChI is InChI=1S/C13H10N2O4S3/c16-22(17,12-2-1-5-20-12)15-13-14-8-6-9-10(7-11(8)21-13)19-4-3-18-9/h1-2,5-7H,3-4H2,(H,14,15). The summed E-state index contributed by atoms with van der Waals surface area (Å²) in [5.74, 6) is 1.30. The van der Waals surface area contributed by atoms with Crippen molar-refractivity contribution >= 4 is 48.0 Å². The normalized spacial score (nSPS) is 14.2. The van der Waals surface area contributed by atoms with Crippen molar-refractivity contribution in [3.8, 4) is 11.5 Å². The van der Waals surface area contributed by atoms with E-state index in [1.165, 1.54) is 11.3 Å². The minimum absolute atomic E-state index is 0.262. The van der Waals surface area contributed by atoms with Crippen LogP contribution in [0.15, 0.2) is 33.9 Å². The van der Waals surface area contributed by atoms with Crippen LogP contribution in [0.4, 0.5) is 5.13 Å². The van der Waals surface area contributed by atoms with Gasteiger partial charge in [0.25, 0.3) is 10.0 Å². The molecule has 0 spiro atoms. The first-order valence-electron chi connectivity index (χ1n) is 6.38. The molecule has 1 N–H and O–H groups in total. The number of nitrogens with zero attached hydrogens (tertiary/aromatic N) is 1. The monoisotopic (exact) mass is 354 g/mol. The first kappa shape index (κ1) is 13.8. The molecule has 0 saturated carbocycles. The number of hydrogen-bond acceptors (Lipinski definition) is 7. The number of aromatic nitrogens is 1. The number of thiazole rings is 1. The average molecular weight is 354 g/mol. The number of rotatable bonds is 3. The van der Waals surface area contributed by atoms with Crippen LogP contribution in [0.1, 0.15) is 0 Å². The summed E-state index contributed by atoms with van der Waals surface area (Å²) in [6.45, 7) is 1.01. The summed E-state index contributed by atoms with van der Waals surface area (Å²) in [5.41, 5.74) is 0.679. The molecule has 0 radical (unpaired) electrons. The van der Waals surface area contributed by atoms with E-state index in [1.54, 1.807) is 23.6 Å². The van der Waals surface area contributed by atoms with Crippen LogP contribution in [0.25, 0.3) is 10.2 Å². The molecule has 0 amide bonds. The van der Waals surface area contributed by atoms with Gasteiger partial charge in [0.2, 0.25) is 0 Å². The van der Waals surface area contributed by atoms with Gasteiger partial charge in [0.05, 0.1) is 10.2 Å². The van der Waals surface area contributed by atoms with Crippen molar-refractivity contribution in [1.82, 2.24) is 4.98 Å². The molecule has 22 heavy (non-hydrogen) atoms. The second-order valence-corrected chi connectivity index (χ2v) is 8.41. The van der Waals surface area contributed by atoms with Gasteiger partial charge in [-0.15, -0.1) is 11.3 Å². The lowest BCUT2D eigenvalue weighted by atomic mass is 10.3. The summed E-state index contributed by atoms with van der Waals surface area (Å²) in [7, 11) is -3.58. The fourth-order valence-electron chi connectivity index (χ4n) is 2.09. The van der Waals surface area contributed by atoms with Gasteiger partial charge in [-0.3, -0.25) is 4.72 Å². The number of anilines is 1. The van der Waals surface area contributed by atoms with Crippen molar-refractivity contribution < 1.29 is 17.9 Å². The zero-order chi connectivity index (χ0) is 15.2. The predicted octanol–water partition coefficient (Wildman–Crippen LogP) is 2.93. The second-order valence-electron chi connectivity index (χ2n) is 4.52. The zero-order valence-corrected chi connectivity index (χ0v) is 13.6. The first-order chi connectivity index (χ1) is 10.6. The van der Waals surface area contributed by atoms with Gasteiger partial charge < -0.3 is 9.47 Å². The fourth-order valence-corrected chi connectivity index (χ4v) is 5.19. The van der Waals surface area contributed by atoms with Crippen LogP contribution >= 0.6 is 22.7 Å². The molecule has 0 unspecified atom stereocenters.